The molecule has 6 aromatic rings. The van der Waals surface area contributed by atoms with E-state index in [9.17, 15) is 38.7 Å². The fourth-order valence-electron chi connectivity index (χ4n) is 8.68. The van der Waals surface area contributed by atoms with Gasteiger partial charge in [-0.05, 0) is 67.5 Å². The summed E-state index contributed by atoms with van der Waals surface area (Å²) in [7, 11) is 2.81. The largest absolute Gasteiger partial charge is 0.494 e. The van der Waals surface area contributed by atoms with Crippen LogP contribution in [0.1, 0.15) is 89.9 Å². The Kier molecular flexibility index (Phi) is 14.0. The third-order valence-corrected chi connectivity index (χ3v) is 12.5. The van der Waals surface area contributed by atoms with E-state index in [-0.39, 0.29) is 63.4 Å². The number of ether oxygens (including phenoxy) is 2. The summed E-state index contributed by atoms with van der Waals surface area (Å²) in [6.07, 6.45) is 3.49. The maximum absolute atomic E-state index is 13.5. The van der Waals surface area contributed by atoms with Gasteiger partial charge in [-0.1, -0.05) is 86.6 Å². The van der Waals surface area contributed by atoms with Gasteiger partial charge in [-0.25, -0.2) is 4.79 Å². The minimum absolute atomic E-state index is 0.0450. The first kappa shape index (κ1) is 46.2. The number of aromatic carboxylic acids is 1. The SMILES string of the molecule is CC[C@@H](Nc1c(Nc2cccc(C(=O)N3CCC4(CCNC4=O)CC3)c2OC)c(=O)c1=O)c1ccccc1.CC[C@@H](Nc1c(Nc2cccc(C(=O)O)c2OC)c(=O)c1=O)c1ccccc1. The molecule has 16 heteroatoms. The van der Waals surface area contributed by atoms with E-state index in [4.69, 9.17) is 9.47 Å². The molecule has 0 radical (unpaired) electrons. The Balaban J connectivity index is 0.000000206. The zero-order valence-corrected chi connectivity index (χ0v) is 37.1. The molecule has 66 heavy (non-hydrogen) atoms. The molecule has 16 nitrogen and oxygen atoms in total. The van der Waals surface area contributed by atoms with Crippen molar-refractivity contribution in [3.8, 4) is 11.5 Å². The van der Waals surface area contributed by atoms with E-state index in [0.717, 1.165) is 17.5 Å². The first-order valence-electron chi connectivity index (χ1n) is 21.8. The fourth-order valence-corrected chi connectivity index (χ4v) is 8.68. The number of likely N-dealkylation sites (tertiary alicyclic amines) is 1. The highest BCUT2D eigenvalue weighted by Crippen LogP contribution is 2.40. The Morgan fingerprint density at radius 2 is 1.06 bits per heavy atom. The number of carbonyl (C=O) groups excluding carboxylic acids is 2. The zero-order valence-electron chi connectivity index (χ0n) is 37.1. The van der Waals surface area contributed by atoms with Crippen molar-refractivity contribution in [1.29, 1.82) is 0 Å². The molecule has 1 spiro atoms. The highest BCUT2D eigenvalue weighted by molar-refractivity contribution is 6.00. The maximum atomic E-state index is 13.5. The van der Waals surface area contributed by atoms with E-state index in [2.05, 4.69) is 26.6 Å². The van der Waals surface area contributed by atoms with Crippen LogP contribution in [0.4, 0.5) is 34.1 Å². The number of carboxylic acid groups (broad SMARTS) is 1. The summed E-state index contributed by atoms with van der Waals surface area (Å²) >= 11 is 0. The number of para-hydroxylation sites is 2. The van der Waals surface area contributed by atoms with Gasteiger partial charge >= 0.3 is 5.97 Å². The van der Waals surface area contributed by atoms with Gasteiger partial charge in [-0.15, -0.1) is 0 Å². The third-order valence-electron chi connectivity index (χ3n) is 12.5. The standard InChI is InChI=1S/C29H32N4O5.C21H20N2O5/c1-3-20(18-8-5-4-6-9-18)31-22-23(25(35)24(22)34)32-21-11-7-10-19(26(21)38-2)27(36)33-16-13-29(14-17-33)12-15-30-28(29)37;1-3-14(12-8-5-4-6-9-12)22-16-17(19(25)18(16)24)23-15-11-7-10-13(21(26)27)20(15)28-2/h4-11,20,31-32H,3,12-17H2,1-2H3,(H,30,37);4-11,14,22-23H,3H2,1-2H3,(H,26,27)/t20-;14-/m11/s1. The Morgan fingerprint density at radius 1 is 0.621 bits per heavy atom. The van der Waals surface area contributed by atoms with Gasteiger partial charge in [0.05, 0.1) is 48.7 Å². The van der Waals surface area contributed by atoms with Crippen molar-refractivity contribution in [2.75, 3.05) is 55.1 Å². The zero-order chi connectivity index (χ0) is 47.1. The normalized spacial score (nSPS) is 15.0. The number of nitrogens with one attached hydrogen (secondary N) is 5. The Hall–Kier alpha value is -7.75. The molecular formula is C50H52N6O10. The average molecular weight is 897 g/mol. The van der Waals surface area contributed by atoms with Crippen molar-refractivity contribution in [1.82, 2.24) is 10.2 Å². The van der Waals surface area contributed by atoms with Crippen LogP contribution in [0, 0.1) is 5.41 Å². The lowest BCUT2D eigenvalue weighted by Gasteiger charge is -2.37. The van der Waals surface area contributed by atoms with Crippen molar-refractivity contribution in [3.63, 3.8) is 0 Å². The number of anilines is 6. The van der Waals surface area contributed by atoms with Crippen LogP contribution in [0.15, 0.2) is 116 Å². The van der Waals surface area contributed by atoms with Crippen molar-refractivity contribution < 1.29 is 29.0 Å². The molecule has 0 aliphatic carbocycles. The van der Waals surface area contributed by atoms with Gasteiger partial charge < -0.3 is 46.1 Å². The van der Waals surface area contributed by atoms with Crippen LogP contribution in [0.2, 0.25) is 0 Å². The van der Waals surface area contributed by atoms with Gasteiger partial charge in [0, 0.05) is 19.6 Å². The van der Waals surface area contributed by atoms with Gasteiger partial charge in [-0.3, -0.25) is 28.8 Å². The van der Waals surface area contributed by atoms with Gasteiger partial charge in [0.15, 0.2) is 11.5 Å². The fraction of sp³-hybridized carbons (Fsp3) is 0.300. The van der Waals surface area contributed by atoms with Crippen LogP contribution >= 0.6 is 0 Å². The summed E-state index contributed by atoms with van der Waals surface area (Å²) in [5.41, 5.74) is 0.860. The Labute approximate surface area is 380 Å². The van der Waals surface area contributed by atoms with Gasteiger partial charge in [0.25, 0.3) is 27.6 Å². The summed E-state index contributed by atoms with van der Waals surface area (Å²) in [5.74, 6) is -0.880. The second kappa shape index (κ2) is 20.0. The lowest BCUT2D eigenvalue weighted by molar-refractivity contribution is -0.129. The van der Waals surface area contributed by atoms with Gasteiger partial charge in [0.1, 0.15) is 28.3 Å². The van der Waals surface area contributed by atoms with Crippen molar-refractivity contribution >= 4 is 51.9 Å². The van der Waals surface area contributed by atoms with E-state index < -0.39 is 27.7 Å². The second-order valence-corrected chi connectivity index (χ2v) is 16.3. The van der Waals surface area contributed by atoms with E-state index in [1.807, 2.05) is 74.5 Å². The molecule has 2 heterocycles. The molecule has 2 aliphatic heterocycles. The maximum Gasteiger partial charge on any atom is 0.339 e. The topological polar surface area (TPSA) is 222 Å². The third kappa shape index (κ3) is 9.12. The summed E-state index contributed by atoms with van der Waals surface area (Å²) in [6.45, 7) is 5.63. The molecule has 2 saturated heterocycles. The van der Waals surface area contributed by atoms with E-state index in [1.165, 1.54) is 26.4 Å². The van der Waals surface area contributed by atoms with Crippen molar-refractivity contribution in [2.45, 2.75) is 58.0 Å². The number of nitrogens with zero attached hydrogens (tertiary/aromatic N) is 1. The molecule has 8 rings (SSSR count). The Morgan fingerprint density at radius 3 is 1.47 bits per heavy atom. The minimum atomic E-state index is -1.15. The number of amides is 2. The lowest BCUT2D eigenvalue weighted by Crippen LogP contribution is -2.46. The number of carboxylic acids is 1. The van der Waals surface area contributed by atoms with Crippen LogP contribution in [0.5, 0.6) is 11.5 Å². The minimum Gasteiger partial charge on any atom is -0.494 e. The number of hydrogen-bond acceptors (Lipinski definition) is 13. The molecule has 2 amide bonds. The predicted octanol–water partition coefficient (Wildman–Crippen LogP) is 6.64. The predicted molar refractivity (Wildman–Crippen MR) is 254 cm³/mol. The van der Waals surface area contributed by atoms with Crippen LogP contribution < -0.4 is 57.8 Å². The Bertz CT molecular complexity index is 2880. The molecule has 2 atom stereocenters. The summed E-state index contributed by atoms with van der Waals surface area (Å²) in [6, 6.07) is 28.7. The van der Waals surface area contributed by atoms with Crippen molar-refractivity contribution in [2.24, 2.45) is 5.41 Å². The molecule has 0 bridgehead atoms. The van der Waals surface area contributed by atoms with Crippen LogP contribution in [0.3, 0.4) is 0 Å². The number of hydrogen-bond donors (Lipinski definition) is 6. The van der Waals surface area contributed by atoms with Crippen molar-refractivity contribution in [3.05, 3.63) is 160 Å². The number of rotatable bonds is 16. The first-order chi connectivity index (χ1) is 31.9. The molecular weight excluding hydrogens is 845 g/mol. The smallest absolute Gasteiger partial charge is 0.339 e. The molecule has 0 saturated carbocycles. The number of benzene rings is 4. The second-order valence-electron chi connectivity index (χ2n) is 16.3. The molecule has 2 fully saturated rings. The average Bonchev–Trinajstić information content (AvgIpc) is 3.71. The first-order valence-corrected chi connectivity index (χ1v) is 21.8. The van der Waals surface area contributed by atoms with E-state index >= 15 is 0 Å². The van der Waals surface area contributed by atoms with Crippen LogP contribution in [-0.4, -0.2) is 61.6 Å². The molecule has 0 aromatic heterocycles. The van der Waals surface area contributed by atoms with E-state index in [0.29, 0.717) is 68.0 Å². The molecule has 6 aromatic carbocycles. The van der Waals surface area contributed by atoms with Crippen LogP contribution in [-0.2, 0) is 4.79 Å². The lowest BCUT2D eigenvalue weighted by atomic mass is 9.77. The van der Waals surface area contributed by atoms with Gasteiger partial charge in [0.2, 0.25) is 5.91 Å². The summed E-state index contributed by atoms with van der Waals surface area (Å²) in [5, 5.41) is 24.5. The van der Waals surface area contributed by atoms with Crippen LogP contribution in [0.25, 0.3) is 0 Å². The molecule has 342 valence electrons. The summed E-state index contributed by atoms with van der Waals surface area (Å²) < 4.78 is 10.8. The van der Waals surface area contributed by atoms with Gasteiger partial charge in [-0.2, -0.15) is 0 Å². The number of carbonyl (C=O) groups is 3. The molecule has 6 N–H and O–H groups in total. The highest BCUT2D eigenvalue weighted by Gasteiger charge is 2.45. The van der Waals surface area contributed by atoms with E-state index in [1.54, 1.807) is 29.2 Å². The summed E-state index contributed by atoms with van der Waals surface area (Å²) in [4.78, 5) is 88.2. The molecule has 0 unspecified atom stereocenters. The molecule has 2 aliphatic rings. The monoisotopic (exact) mass is 896 g/mol. The number of methoxy groups -OCH3 is 2. The number of piperidine rings is 1. The quantitative estimate of drug-likeness (QED) is 0.0562. The highest BCUT2D eigenvalue weighted by atomic mass is 16.5.